The molecule has 0 spiro atoms. The first kappa shape index (κ1) is 10.4. The monoisotopic (exact) mass is 236 g/mol. The predicted molar refractivity (Wildman–Crippen MR) is 64.0 cm³/mol. The smallest absolute Gasteiger partial charge is 0.135 e. The third-order valence-electron chi connectivity index (χ3n) is 3.61. The number of aromatic nitrogens is 2. The highest BCUT2D eigenvalue weighted by atomic mass is 32.1. The molecule has 0 amide bonds. The molecule has 1 aromatic rings. The van der Waals surface area contributed by atoms with Gasteiger partial charge in [-0.1, -0.05) is 25.1 Å². The highest BCUT2D eigenvalue weighted by Crippen LogP contribution is 2.32. The maximum absolute atomic E-state index is 5.42. The average Bonchev–Trinajstić information content (AvgIpc) is 2.82. The molecule has 3 rings (SSSR count). The molecule has 0 saturated heterocycles. The van der Waals surface area contributed by atoms with Crippen LogP contribution in [0.4, 0.5) is 0 Å². The fourth-order valence-corrected chi connectivity index (χ4v) is 2.95. The Morgan fingerprint density at radius 1 is 1.31 bits per heavy atom. The summed E-state index contributed by atoms with van der Waals surface area (Å²) < 4.78 is 6.16. The molecule has 3 nitrogen and oxygen atoms in total. The van der Waals surface area contributed by atoms with Gasteiger partial charge in [-0.3, -0.25) is 0 Å². The summed E-state index contributed by atoms with van der Waals surface area (Å²) in [5.41, 5.74) is 2.36. The Morgan fingerprint density at radius 2 is 2.12 bits per heavy atom. The normalized spacial score (nSPS) is 21.0. The number of nitrogens with one attached hydrogen (secondary N) is 1. The molecule has 2 heterocycles. The third-order valence-corrected chi connectivity index (χ3v) is 3.95. The first-order valence-electron chi connectivity index (χ1n) is 6.04. The van der Waals surface area contributed by atoms with Gasteiger partial charge < -0.3 is 9.72 Å². The van der Waals surface area contributed by atoms with Gasteiger partial charge in [-0.25, -0.2) is 4.98 Å². The van der Waals surface area contributed by atoms with Crippen LogP contribution in [0.15, 0.2) is 0 Å². The van der Waals surface area contributed by atoms with Crippen molar-refractivity contribution in [3.05, 3.63) is 21.7 Å². The molecule has 1 aliphatic carbocycles. The van der Waals surface area contributed by atoms with E-state index in [1.807, 2.05) is 0 Å². The lowest BCUT2D eigenvalue weighted by Gasteiger charge is -2.18. The van der Waals surface area contributed by atoms with Gasteiger partial charge in [-0.05, 0) is 12.8 Å². The van der Waals surface area contributed by atoms with E-state index in [1.165, 1.54) is 31.4 Å². The molecule has 0 bridgehead atoms. The number of hydrogen-bond donors (Lipinski definition) is 1. The maximum Gasteiger partial charge on any atom is 0.135 e. The highest BCUT2D eigenvalue weighted by Gasteiger charge is 2.21. The van der Waals surface area contributed by atoms with E-state index in [0.29, 0.717) is 12.5 Å². The summed E-state index contributed by atoms with van der Waals surface area (Å²) in [6.07, 6.45) is 6.11. The second-order valence-electron chi connectivity index (χ2n) is 4.67. The number of rotatable bonds is 1. The Hall–Kier alpha value is -0.740. The summed E-state index contributed by atoms with van der Waals surface area (Å²) in [6.45, 7) is 1.43. The van der Waals surface area contributed by atoms with Gasteiger partial charge in [0.1, 0.15) is 10.5 Å². The summed E-state index contributed by atoms with van der Waals surface area (Å²) in [4.78, 5) is 8.04. The SMILES string of the molecule is S=c1nc(C2CCCC2)[nH]c2c1COCC2. The van der Waals surface area contributed by atoms with Gasteiger partial charge in [-0.2, -0.15) is 0 Å². The number of ether oxygens (including phenoxy) is 1. The topological polar surface area (TPSA) is 37.9 Å². The molecule has 0 unspecified atom stereocenters. The lowest BCUT2D eigenvalue weighted by Crippen LogP contribution is -2.16. The molecule has 16 heavy (non-hydrogen) atoms. The average molecular weight is 236 g/mol. The minimum atomic E-state index is 0.606. The maximum atomic E-state index is 5.42. The fraction of sp³-hybridized carbons (Fsp3) is 0.667. The van der Waals surface area contributed by atoms with Crippen LogP contribution >= 0.6 is 12.2 Å². The highest BCUT2D eigenvalue weighted by molar-refractivity contribution is 7.71. The summed E-state index contributed by atoms with van der Waals surface area (Å²) in [5, 5.41) is 0. The van der Waals surface area contributed by atoms with Crippen molar-refractivity contribution in [2.75, 3.05) is 6.61 Å². The zero-order valence-electron chi connectivity index (χ0n) is 9.29. The number of aromatic amines is 1. The van der Waals surface area contributed by atoms with Crippen LogP contribution in [0, 0.1) is 4.64 Å². The lowest BCUT2D eigenvalue weighted by atomic mass is 10.1. The lowest BCUT2D eigenvalue weighted by molar-refractivity contribution is 0.108. The Morgan fingerprint density at radius 3 is 2.94 bits per heavy atom. The quantitative estimate of drug-likeness (QED) is 0.762. The van der Waals surface area contributed by atoms with Gasteiger partial charge in [0.25, 0.3) is 0 Å². The Balaban J connectivity index is 2.01. The van der Waals surface area contributed by atoms with Gasteiger partial charge in [0, 0.05) is 23.6 Å². The van der Waals surface area contributed by atoms with E-state index in [0.717, 1.165) is 29.1 Å². The van der Waals surface area contributed by atoms with Crippen molar-refractivity contribution >= 4 is 12.2 Å². The zero-order chi connectivity index (χ0) is 11.0. The van der Waals surface area contributed by atoms with Gasteiger partial charge in [0.15, 0.2) is 0 Å². The van der Waals surface area contributed by atoms with Crippen LogP contribution in [0.25, 0.3) is 0 Å². The molecule has 1 aliphatic heterocycles. The van der Waals surface area contributed by atoms with Crippen LogP contribution in [-0.2, 0) is 17.8 Å². The third kappa shape index (κ3) is 1.80. The fourth-order valence-electron chi connectivity index (χ4n) is 2.67. The zero-order valence-corrected chi connectivity index (χ0v) is 10.1. The van der Waals surface area contributed by atoms with Gasteiger partial charge in [-0.15, -0.1) is 0 Å². The first-order chi connectivity index (χ1) is 7.84. The van der Waals surface area contributed by atoms with Crippen molar-refractivity contribution in [1.29, 1.82) is 0 Å². The molecule has 86 valence electrons. The second kappa shape index (κ2) is 4.26. The summed E-state index contributed by atoms with van der Waals surface area (Å²) in [5.74, 6) is 1.72. The van der Waals surface area contributed by atoms with E-state index in [-0.39, 0.29) is 0 Å². The second-order valence-corrected chi connectivity index (χ2v) is 5.05. The van der Waals surface area contributed by atoms with E-state index in [1.54, 1.807) is 0 Å². The number of nitrogens with zero attached hydrogens (tertiary/aromatic N) is 1. The van der Waals surface area contributed by atoms with E-state index in [2.05, 4.69) is 9.97 Å². The Bertz CT molecular complexity index is 449. The van der Waals surface area contributed by atoms with Crippen molar-refractivity contribution in [1.82, 2.24) is 9.97 Å². The van der Waals surface area contributed by atoms with Gasteiger partial charge in [0.2, 0.25) is 0 Å². The summed E-state index contributed by atoms with van der Waals surface area (Å²) in [6, 6.07) is 0. The van der Waals surface area contributed by atoms with Crippen molar-refractivity contribution < 1.29 is 4.74 Å². The molecule has 0 radical (unpaired) electrons. The van der Waals surface area contributed by atoms with E-state index in [9.17, 15) is 0 Å². The number of hydrogen-bond acceptors (Lipinski definition) is 3. The molecular weight excluding hydrogens is 220 g/mol. The van der Waals surface area contributed by atoms with Crippen LogP contribution in [0.1, 0.15) is 48.7 Å². The molecule has 0 atom stereocenters. The number of fused-ring (bicyclic) bond motifs is 1. The first-order valence-corrected chi connectivity index (χ1v) is 6.45. The summed E-state index contributed by atoms with van der Waals surface area (Å²) >= 11 is 5.35. The molecule has 1 fully saturated rings. The van der Waals surface area contributed by atoms with Crippen LogP contribution in [0.5, 0.6) is 0 Å². The van der Waals surface area contributed by atoms with Gasteiger partial charge in [0.05, 0.1) is 13.2 Å². The molecule has 1 N–H and O–H groups in total. The molecular formula is C12H16N2OS. The van der Waals surface area contributed by atoms with E-state index >= 15 is 0 Å². The molecule has 2 aliphatic rings. The number of H-pyrrole nitrogens is 1. The minimum Gasteiger partial charge on any atom is -0.376 e. The molecule has 1 aromatic heterocycles. The Labute approximate surface area is 100 Å². The van der Waals surface area contributed by atoms with Gasteiger partial charge >= 0.3 is 0 Å². The predicted octanol–water partition coefficient (Wildman–Crippen LogP) is 2.87. The Kier molecular flexibility index (Phi) is 2.77. The van der Waals surface area contributed by atoms with E-state index < -0.39 is 0 Å². The standard InChI is InChI=1S/C12H16N2OS/c16-12-9-7-15-6-5-10(9)13-11(14-12)8-3-1-2-4-8/h8H,1-7H2,(H,13,14,16). The largest absolute Gasteiger partial charge is 0.376 e. The van der Waals surface area contributed by atoms with Crippen molar-refractivity contribution in [2.24, 2.45) is 0 Å². The van der Waals surface area contributed by atoms with Crippen molar-refractivity contribution in [3.63, 3.8) is 0 Å². The van der Waals surface area contributed by atoms with E-state index in [4.69, 9.17) is 17.0 Å². The van der Waals surface area contributed by atoms with Crippen LogP contribution in [-0.4, -0.2) is 16.6 Å². The molecule has 1 saturated carbocycles. The summed E-state index contributed by atoms with van der Waals surface area (Å²) in [7, 11) is 0. The van der Waals surface area contributed by atoms with Crippen LogP contribution in [0.3, 0.4) is 0 Å². The minimum absolute atomic E-state index is 0.606. The van der Waals surface area contributed by atoms with Crippen LogP contribution in [0.2, 0.25) is 0 Å². The van der Waals surface area contributed by atoms with Crippen molar-refractivity contribution in [2.45, 2.75) is 44.6 Å². The van der Waals surface area contributed by atoms with Crippen molar-refractivity contribution in [3.8, 4) is 0 Å². The van der Waals surface area contributed by atoms with Crippen LogP contribution < -0.4 is 0 Å². The molecule has 4 heteroatoms. The molecule has 0 aromatic carbocycles.